The summed E-state index contributed by atoms with van der Waals surface area (Å²) < 4.78 is 13.0. The molecule has 0 amide bonds. The number of benzene rings is 1. The Labute approximate surface area is 80.1 Å². The Morgan fingerprint density at radius 3 is 2.69 bits per heavy atom. The molecule has 0 fully saturated rings. The highest BCUT2D eigenvalue weighted by atomic mass is 32.1. The topological polar surface area (TPSA) is 43.1 Å². The van der Waals surface area contributed by atoms with Gasteiger partial charge in [0.15, 0.2) is 0 Å². The van der Waals surface area contributed by atoms with E-state index in [1.54, 1.807) is 0 Å². The zero-order chi connectivity index (χ0) is 9.84. The maximum absolute atomic E-state index is 13.0. The largest absolute Gasteiger partial charge is 0.304 e. The van der Waals surface area contributed by atoms with E-state index in [2.05, 4.69) is 12.6 Å². The second kappa shape index (κ2) is 4.23. The lowest BCUT2D eigenvalue weighted by Crippen LogP contribution is -1.94. The SMILES string of the molecule is O=[N+]([O-])c1ccc(CCS)cc1F. The average molecular weight is 201 g/mol. The Kier molecular flexibility index (Phi) is 3.25. The monoisotopic (exact) mass is 201 g/mol. The average Bonchev–Trinajstić information content (AvgIpc) is 2.04. The summed E-state index contributed by atoms with van der Waals surface area (Å²) in [4.78, 5) is 9.51. The molecule has 0 atom stereocenters. The Morgan fingerprint density at radius 1 is 1.54 bits per heavy atom. The van der Waals surface area contributed by atoms with Gasteiger partial charge in [-0.1, -0.05) is 6.07 Å². The molecule has 0 bridgehead atoms. The van der Waals surface area contributed by atoms with E-state index in [9.17, 15) is 14.5 Å². The van der Waals surface area contributed by atoms with Crippen LogP contribution in [0.4, 0.5) is 10.1 Å². The highest BCUT2D eigenvalue weighted by molar-refractivity contribution is 7.80. The third-order valence-corrected chi connectivity index (χ3v) is 1.83. The van der Waals surface area contributed by atoms with Crippen LogP contribution < -0.4 is 0 Å². The first-order valence-corrected chi connectivity index (χ1v) is 4.32. The maximum Gasteiger partial charge on any atom is 0.304 e. The molecular formula is C8H8FNO2S. The first-order chi connectivity index (χ1) is 6.15. The van der Waals surface area contributed by atoms with E-state index in [0.717, 1.165) is 5.56 Å². The lowest BCUT2D eigenvalue weighted by molar-refractivity contribution is -0.387. The number of rotatable bonds is 3. The fourth-order valence-corrected chi connectivity index (χ4v) is 1.24. The summed E-state index contributed by atoms with van der Waals surface area (Å²) in [5.41, 5.74) is 0.237. The number of hydrogen-bond acceptors (Lipinski definition) is 3. The van der Waals surface area contributed by atoms with Gasteiger partial charge in [0.25, 0.3) is 0 Å². The molecule has 0 saturated carbocycles. The predicted molar refractivity (Wildman–Crippen MR) is 50.6 cm³/mol. The molecule has 5 heteroatoms. The van der Waals surface area contributed by atoms with Crippen LogP contribution in [0.5, 0.6) is 0 Å². The van der Waals surface area contributed by atoms with Gasteiger partial charge in [0, 0.05) is 6.07 Å². The number of thiol groups is 1. The first kappa shape index (κ1) is 9.98. The molecule has 1 aromatic carbocycles. The van der Waals surface area contributed by atoms with Crippen molar-refractivity contribution >= 4 is 18.3 Å². The van der Waals surface area contributed by atoms with Gasteiger partial charge in [-0.25, -0.2) is 0 Å². The highest BCUT2D eigenvalue weighted by Gasteiger charge is 2.12. The second-order valence-corrected chi connectivity index (χ2v) is 2.96. The van der Waals surface area contributed by atoms with E-state index in [0.29, 0.717) is 12.2 Å². The molecule has 0 aliphatic rings. The summed E-state index contributed by atoms with van der Waals surface area (Å²) in [5, 5.41) is 10.2. The van der Waals surface area contributed by atoms with Crippen molar-refractivity contribution in [1.82, 2.24) is 0 Å². The summed E-state index contributed by atoms with van der Waals surface area (Å²) in [6, 6.07) is 3.89. The van der Waals surface area contributed by atoms with Gasteiger partial charge in [-0.3, -0.25) is 10.1 Å². The number of nitro groups is 1. The van der Waals surface area contributed by atoms with Crippen LogP contribution in [-0.4, -0.2) is 10.7 Å². The van der Waals surface area contributed by atoms with Crippen molar-refractivity contribution in [3.8, 4) is 0 Å². The van der Waals surface area contributed by atoms with Crippen molar-refractivity contribution in [1.29, 1.82) is 0 Å². The molecular weight excluding hydrogens is 193 g/mol. The third kappa shape index (κ3) is 2.42. The minimum Gasteiger partial charge on any atom is -0.258 e. The molecule has 0 aliphatic carbocycles. The highest BCUT2D eigenvalue weighted by Crippen LogP contribution is 2.18. The van der Waals surface area contributed by atoms with E-state index in [1.807, 2.05) is 0 Å². The van der Waals surface area contributed by atoms with Crippen LogP contribution in [0.25, 0.3) is 0 Å². The van der Waals surface area contributed by atoms with Gasteiger partial charge in [0.1, 0.15) is 0 Å². The van der Waals surface area contributed by atoms with Gasteiger partial charge < -0.3 is 0 Å². The van der Waals surface area contributed by atoms with Crippen LogP contribution in [-0.2, 0) is 6.42 Å². The minimum absolute atomic E-state index is 0.483. The van der Waals surface area contributed by atoms with Crippen LogP contribution in [0, 0.1) is 15.9 Å². The lowest BCUT2D eigenvalue weighted by Gasteiger charge is -1.98. The van der Waals surface area contributed by atoms with E-state index in [4.69, 9.17) is 0 Å². The molecule has 13 heavy (non-hydrogen) atoms. The van der Waals surface area contributed by atoms with Crippen LogP contribution in [0.3, 0.4) is 0 Å². The van der Waals surface area contributed by atoms with Gasteiger partial charge in [-0.05, 0) is 23.8 Å². The van der Waals surface area contributed by atoms with Crippen LogP contribution in [0.2, 0.25) is 0 Å². The van der Waals surface area contributed by atoms with Gasteiger partial charge >= 0.3 is 5.69 Å². The molecule has 0 spiro atoms. The molecule has 0 radical (unpaired) electrons. The van der Waals surface area contributed by atoms with Crippen molar-refractivity contribution in [2.75, 3.05) is 5.75 Å². The number of hydrogen-bond donors (Lipinski definition) is 1. The van der Waals surface area contributed by atoms with E-state index >= 15 is 0 Å². The fourth-order valence-electron chi connectivity index (χ4n) is 0.983. The van der Waals surface area contributed by atoms with Crippen molar-refractivity contribution in [3.63, 3.8) is 0 Å². The van der Waals surface area contributed by atoms with Crippen LogP contribution >= 0.6 is 12.6 Å². The maximum atomic E-state index is 13.0. The Bertz CT molecular complexity index is 330. The third-order valence-electron chi connectivity index (χ3n) is 1.61. The molecule has 0 N–H and O–H groups in total. The molecule has 3 nitrogen and oxygen atoms in total. The lowest BCUT2D eigenvalue weighted by atomic mass is 10.1. The van der Waals surface area contributed by atoms with Crippen molar-refractivity contribution < 1.29 is 9.31 Å². The summed E-state index contributed by atoms with van der Waals surface area (Å²) in [5.74, 6) is -0.193. The normalized spacial score (nSPS) is 10.0. The standard InChI is InChI=1S/C8H8FNO2S/c9-7-5-6(3-4-13)1-2-8(7)10(11)12/h1-2,5,13H,3-4H2. The van der Waals surface area contributed by atoms with Crippen molar-refractivity contribution in [3.05, 3.63) is 39.7 Å². The molecule has 0 aliphatic heterocycles. The first-order valence-electron chi connectivity index (χ1n) is 3.69. The predicted octanol–water partition coefficient (Wildman–Crippen LogP) is 2.21. The number of aryl methyl sites for hydroxylation is 1. The number of halogens is 1. The molecule has 0 unspecified atom stereocenters. The molecule has 0 saturated heterocycles. The zero-order valence-electron chi connectivity index (χ0n) is 6.74. The van der Waals surface area contributed by atoms with Gasteiger partial charge in [-0.15, -0.1) is 0 Å². The summed E-state index contributed by atoms with van der Waals surface area (Å²) in [7, 11) is 0. The molecule has 70 valence electrons. The quantitative estimate of drug-likeness (QED) is 0.463. The van der Waals surface area contributed by atoms with Crippen LogP contribution in [0.15, 0.2) is 18.2 Å². The van der Waals surface area contributed by atoms with E-state index < -0.39 is 16.4 Å². The second-order valence-electron chi connectivity index (χ2n) is 2.52. The fraction of sp³-hybridized carbons (Fsp3) is 0.250. The van der Waals surface area contributed by atoms with E-state index in [-0.39, 0.29) is 0 Å². The number of nitrogens with zero attached hydrogens (tertiary/aromatic N) is 1. The Hall–Kier alpha value is -1.10. The number of nitro benzene ring substituents is 1. The van der Waals surface area contributed by atoms with E-state index in [1.165, 1.54) is 18.2 Å². The molecule has 1 aromatic rings. The van der Waals surface area contributed by atoms with Gasteiger partial charge in [-0.2, -0.15) is 17.0 Å². The zero-order valence-corrected chi connectivity index (χ0v) is 7.63. The molecule has 0 aromatic heterocycles. The molecule has 0 heterocycles. The summed E-state index contributed by atoms with van der Waals surface area (Å²) in [6.45, 7) is 0. The smallest absolute Gasteiger partial charge is 0.258 e. The molecule has 1 rings (SSSR count). The summed E-state index contributed by atoms with van der Waals surface area (Å²) in [6.07, 6.45) is 0.609. The van der Waals surface area contributed by atoms with Crippen molar-refractivity contribution in [2.45, 2.75) is 6.42 Å². The Morgan fingerprint density at radius 2 is 2.23 bits per heavy atom. The van der Waals surface area contributed by atoms with Gasteiger partial charge in [0.2, 0.25) is 5.82 Å². The van der Waals surface area contributed by atoms with Crippen LogP contribution in [0.1, 0.15) is 5.56 Å². The van der Waals surface area contributed by atoms with Crippen molar-refractivity contribution in [2.24, 2.45) is 0 Å². The Balaban J connectivity index is 2.98. The van der Waals surface area contributed by atoms with Gasteiger partial charge in [0.05, 0.1) is 4.92 Å². The minimum atomic E-state index is -0.788. The summed E-state index contributed by atoms with van der Waals surface area (Å²) >= 11 is 3.98.